The quantitative estimate of drug-likeness (QED) is 0.184. The Labute approximate surface area is 188 Å². The molecule has 0 N–H and O–H groups in total. The number of carbonyl (C=O) groups excluding carboxylic acids is 2. The second kappa shape index (κ2) is 10.1. The maximum atomic E-state index is 13.3. The largest absolute Gasteiger partial charge is 0.457 e. The lowest BCUT2D eigenvalue weighted by Crippen LogP contribution is -2.25. The summed E-state index contributed by atoms with van der Waals surface area (Å²) in [6.07, 6.45) is -10.9. The highest BCUT2D eigenvalue weighted by atomic mass is 19.4. The van der Waals surface area contributed by atoms with Gasteiger partial charge in [-0.3, -0.25) is 14.9 Å². The molecule has 0 radical (unpaired) electrons. The average molecular weight is 493 g/mol. The lowest BCUT2D eigenvalue weighted by Gasteiger charge is -2.17. The lowest BCUT2D eigenvalue weighted by molar-refractivity contribution is -0.385. The van der Waals surface area contributed by atoms with E-state index in [4.69, 9.17) is 9.47 Å². The van der Waals surface area contributed by atoms with Crippen LogP contribution >= 0.6 is 0 Å². The molecule has 1 unspecified atom stereocenters. The highest BCUT2D eigenvalue weighted by Gasteiger charge is 2.39. The molecule has 0 saturated carbocycles. The summed E-state index contributed by atoms with van der Waals surface area (Å²) in [7, 11) is 0. The van der Waals surface area contributed by atoms with Crippen molar-refractivity contribution in [2.75, 3.05) is 0 Å². The molecule has 184 valence electrons. The van der Waals surface area contributed by atoms with Gasteiger partial charge in [0.1, 0.15) is 17.1 Å². The minimum Gasteiger partial charge on any atom is -0.457 e. The number of carbonyl (C=O) groups is 2. The van der Waals surface area contributed by atoms with Crippen LogP contribution in [0.2, 0.25) is 0 Å². The zero-order chi connectivity index (χ0) is 25.8. The molecule has 0 fully saturated rings. The van der Waals surface area contributed by atoms with Crippen molar-refractivity contribution in [1.82, 2.24) is 0 Å². The van der Waals surface area contributed by atoms with E-state index in [-0.39, 0.29) is 12.5 Å². The number of alkyl halides is 6. The van der Waals surface area contributed by atoms with Crippen LogP contribution in [0.5, 0.6) is 11.5 Å². The first kappa shape index (κ1) is 26.6. The van der Waals surface area contributed by atoms with E-state index in [0.29, 0.717) is 24.6 Å². The number of Topliss-reactive ketones (excluding diaryl/α,β-unsaturated/α-hetero) is 1. The van der Waals surface area contributed by atoms with Crippen LogP contribution < -0.4 is 4.74 Å². The highest BCUT2D eigenvalue weighted by molar-refractivity contribution is 5.96. The van der Waals surface area contributed by atoms with Crippen molar-refractivity contribution in [2.45, 2.75) is 45.1 Å². The Bertz CT molecular complexity index is 1100. The van der Waals surface area contributed by atoms with E-state index in [1.165, 1.54) is 0 Å². The van der Waals surface area contributed by atoms with Crippen LogP contribution in [-0.2, 0) is 21.9 Å². The molecular formula is C21H17F6NO6. The standard InChI is InChI=1S/C21H17F6NO6/c1-3-4-17(11(2)29)34-19(30)14-10-13(6-7-16(14)28(31)32)33-18-8-5-12(20(22,23)24)9-15(18)21(25,26)27/h5-10,17H,3-4H2,1-2H3. The molecule has 34 heavy (non-hydrogen) atoms. The molecule has 2 aromatic carbocycles. The Morgan fingerprint density at radius 2 is 1.68 bits per heavy atom. The van der Waals surface area contributed by atoms with Gasteiger partial charge < -0.3 is 9.47 Å². The van der Waals surface area contributed by atoms with Gasteiger partial charge in [-0.1, -0.05) is 13.3 Å². The SMILES string of the molecule is CCCC(OC(=O)c1cc(Oc2ccc(C(F)(F)F)cc2C(F)(F)F)ccc1[N+](=O)[O-])C(C)=O. The molecule has 0 amide bonds. The Kier molecular flexibility index (Phi) is 7.90. The summed E-state index contributed by atoms with van der Waals surface area (Å²) in [5.74, 6) is -3.36. The van der Waals surface area contributed by atoms with Crippen LogP contribution in [0, 0.1) is 10.1 Å². The van der Waals surface area contributed by atoms with E-state index >= 15 is 0 Å². The van der Waals surface area contributed by atoms with Crippen LogP contribution in [0.1, 0.15) is 48.2 Å². The van der Waals surface area contributed by atoms with Crippen molar-refractivity contribution < 1.29 is 50.3 Å². The first-order valence-corrected chi connectivity index (χ1v) is 9.61. The molecule has 0 aromatic heterocycles. The second-order valence-electron chi connectivity index (χ2n) is 7.04. The van der Waals surface area contributed by atoms with Crippen molar-refractivity contribution in [3.8, 4) is 11.5 Å². The van der Waals surface area contributed by atoms with Crippen LogP contribution in [0.4, 0.5) is 32.0 Å². The van der Waals surface area contributed by atoms with E-state index in [1.807, 2.05) is 0 Å². The first-order valence-electron chi connectivity index (χ1n) is 9.61. The van der Waals surface area contributed by atoms with Crippen LogP contribution in [0.3, 0.4) is 0 Å². The van der Waals surface area contributed by atoms with E-state index in [2.05, 4.69) is 0 Å². The van der Waals surface area contributed by atoms with Crippen LogP contribution in [-0.4, -0.2) is 22.8 Å². The lowest BCUT2D eigenvalue weighted by atomic mass is 10.1. The summed E-state index contributed by atoms with van der Waals surface area (Å²) in [5.41, 5.74) is -4.80. The zero-order valence-electron chi connectivity index (χ0n) is 17.6. The van der Waals surface area contributed by atoms with Gasteiger partial charge >= 0.3 is 18.3 Å². The van der Waals surface area contributed by atoms with Gasteiger partial charge in [-0.05, 0) is 37.6 Å². The fraction of sp³-hybridized carbons (Fsp3) is 0.333. The number of benzene rings is 2. The van der Waals surface area contributed by atoms with Crippen LogP contribution in [0.15, 0.2) is 36.4 Å². The average Bonchev–Trinajstić information content (AvgIpc) is 2.71. The summed E-state index contributed by atoms with van der Waals surface area (Å²) in [5, 5.41) is 11.3. The van der Waals surface area contributed by atoms with E-state index in [1.54, 1.807) is 6.92 Å². The van der Waals surface area contributed by atoms with Gasteiger partial charge in [0.25, 0.3) is 5.69 Å². The number of nitro benzene ring substituents is 1. The molecule has 1 atom stereocenters. The Morgan fingerprint density at radius 1 is 1.03 bits per heavy atom. The van der Waals surface area contributed by atoms with Crippen molar-refractivity contribution >= 4 is 17.4 Å². The Morgan fingerprint density at radius 3 is 2.18 bits per heavy atom. The van der Waals surface area contributed by atoms with Gasteiger partial charge in [0.2, 0.25) is 0 Å². The predicted octanol–water partition coefficient (Wildman–Crippen LogP) is 6.34. The molecule has 2 rings (SSSR count). The molecule has 0 saturated heterocycles. The molecule has 0 aliphatic heterocycles. The molecule has 0 bridgehead atoms. The minimum absolute atomic E-state index is 0.131. The summed E-state index contributed by atoms with van der Waals surface area (Å²) < 4.78 is 88.6. The monoisotopic (exact) mass is 493 g/mol. The second-order valence-corrected chi connectivity index (χ2v) is 7.04. The number of hydrogen-bond donors (Lipinski definition) is 0. The number of rotatable bonds is 8. The Balaban J connectivity index is 2.49. The molecule has 0 aliphatic rings. The van der Waals surface area contributed by atoms with Crippen molar-refractivity contribution in [1.29, 1.82) is 0 Å². The number of hydrogen-bond acceptors (Lipinski definition) is 6. The fourth-order valence-electron chi connectivity index (χ4n) is 2.85. The number of nitro groups is 1. The van der Waals surface area contributed by atoms with Crippen LogP contribution in [0.25, 0.3) is 0 Å². The highest BCUT2D eigenvalue weighted by Crippen LogP contribution is 2.42. The van der Waals surface area contributed by atoms with E-state index in [9.17, 15) is 46.0 Å². The number of halogens is 6. The number of ketones is 1. The smallest absolute Gasteiger partial charge is 0.420 e. The minimum atomic E-state index is -5.23. The van der Waals surface area contributed by atoms with Gasteiger partial charge in [-0.15, -0.1) is 0 Å². The van der Waals surface area contributed by atoms with Gasteiger partial charge in [0.15, 0.2) is 11.9 Å². The topological polar surface area (TPSA) is 95.7 Å². The zero-order valence-corrected chi connectivity index (χ0v) is 17.6. The van der Waals surface area contributed by atoms with Crippen molar-refractivity contribution in [2.24, 2.45) is 0 Å². The third-order valence-corrected chi connectivity index (χ3v) is 4.48. The molecule has 13 heteroatoms. The number of ether oxygens (including phenoxy) is 2. The summed E-state index contributed by atoms with van der Waals surface area (Å²) in [6.45, 7) is 2.84. The molecule has 0 spiro atoms. The van der Waals surface area contributed by atoms with E-state index < -0.39 is 69.0 Å². The molecule has 0 heterocycles. The molecule has 0 aliphatic carbocycles. The van der Waals surface area contributed by atoms with Crippen molar-refractivity contribution in [3.05, 3.63) is 63.2 Å². The maximum absolute atomic E-state index is 13.3. The third-order valence-electron chi connectivity index (χ3n) is 4.48. The summed E-state index contributed by atoms with van der Waals surface area (Å²) in [6, 6.07) is 3.00. The van der Waals surface area contributed by atoms with E-state index in [0.717, 1.165) is 19.1 Å². The molecule has 7 nitrogen and oxygen atoms in total. The van der Waals surface area contributed by atoms with Gasteiger partial charge in [-0.25, -0.2) is 4.79 Å². The van der Waals surface area contributed by atoms with Gasteiger partial charge in [-0.2, -0.15) is 26.3 Å². The normalized spacial score (nSPS) is 12.7. The Hall–Kier alpha value is -3.64. The maximum Gasteiger partial charge on any atom is 0.420 e. The summed E-state index contributed by atoms with van der Waals surface area (Å²) in [4.78, 5) is 34.5. The number of nitrogens with zero attached hydrogens (tertiary/aromatic N) is 1. The predicted molar refractivity (Wildman–Crippen MR) is 104 cm³/mol. The summed E-state index contributed by atoms with van der Waals surface area (Å²) >= 11 is 0. The first-order chi connectivity index (χ1) is 15.6. The fourth-order valence-corrected chi connectivity index (χ4v) is 2.85. The van der Waals surface area contributed by atoms with Gasteiger partial charge in [0.05, 0.1) is 16.1 Å². The van der Waals surface area contributed by atoms with Gasteiger partial charge in [0, 0.05) is 12.1 Å². The van der Waals surface area contributed by atoms with Crippen molar-refractivity contribution in [3.63, 3.8) is 0 Å². The molecular weight excluding hydrogens is 476 g/mol. The third kappa shape index (κ3) is 6.45. The molecule has 2 aromatic rings. The number of esters is 1.